The van der Waals surface area contributed by atoms with Crippen LogP contribution in [-0.2, 0) is 4.74 Å². The second kappa shape index (κ2) is 9.05. The normalized spacial score (nSPS) is 24.8. The fourth-order valence-electron chi connectivity index (χ4n) is 5.65. The van der Waals surface area contributed by atoms with Crippen molar-refractivity contribution in [1.82, 2.24) is 15.5 Å². The van der Waals surface area contributed by atoms with E-state index in [0.717, 1.165) is 45.1 Å². The van der Waals surface area contributed by atoms with E-state index in [4.69, 9.17) is 4.74 Å². The molecule has 0 aromatic heterocycles. The second-order valence-corrected chi connectivity index (χ2v) is 9.45. The van der Waals surface area contributed by atoms with E-state index in [0.29, 0.717) is 11.5 Å². The highest BCUT2D eigenvalue weighted by atomic mass is 16.5. The summed E-state index contributed by atoms with van der Waals surface area (Å²) >= 11 is 0. The quantitative estimate of drug-likeness (QED) is 0.586. The first-order valence-corrected chi connectivity index (χ1v) is 11.5. The molecular formula is C24H38N4O. The molecule has 1 atom stereocenters. The van der Waals surface area contributed by atoms with Gasteiger partial charge in [-0.25, -0.2) is 0 Å². The first-order chi connectivity index (χ1) is 14.1. The summed E-state index contributed by atoms with van der Waals surface area (Å²) in [4.78, 5) is 7.15. The summed E-state index contributed by atoms with van der Waals surface area (Å²) in [7, 11) is 1.93. The summed E-state index contributed by atoms with van der Waals surface area (Å²) in [5, 5.41) is 7.69. The molecule has 2 aliphatic heterocycles. The molecule has 2 saturated heterocycles. The van der Waals surface area contributed by atoms with E-state index < -0.39 is 0 Å². The zero-order valence-electron chi connectivity index (χ0n) is 18.3. The molecule has 3 aliphatic rings. The van der Waals surface area contributed by atoms with Crippen LogP contribution >= 0.6 is 0 Å². The Labute approximate surface area is 176 Å². The SMILES string of the molecule is CN=C(NCC1(NC(C)c2ccccc2)CCOCC1)N1CCC2(CCCC2)C1. The topological polar surface area (TPSA) is 48.9 Å². The van der Waals surface area contributed by atoms with Crippen LogP contribution in [0.5, 0.6) is 0 Å². The summed E-state index contributed by atoms with van der Waals surface area (Å²) in [6.45, 7) is 7.12. The third-order valence-electron chi connectivity index (χ3n) is 7.47. The van der Waals surface area contributed by atoms with E-state index in [1.807, 2.05) is 7.05 Å². The van der Waals surface area contributed by atoms with Gasteiger partial charge >= 0.3 is 0 Å². The lowest BCUT2D eigenvalue weighted by Crippen LogP contribution is -2.58. The first kappa shape index (κ1) is 20.7. The van der Waals surface area contributed by atoms with Gasteiger partial charge in [0.2, 0.25) is 0 Å². The molecule has 3 fully saturated rings. The molecule has 2 heterocycles. The Bertz CT molecular complexity index is 677. The highest BCUT2D eigenvalue weighted by Gasteiger charge is 2.41. The third kappa shape index (κ3) is 4.77. The largest absolute Gasteiger partial charge is 0.381 e. The standard InChI is InChI=1S/C24H38N4O/c1-20(21-8-4-3-5-9-21)27-24(13-16-29-17-14-24)18-26-22(25-2)28-15-12-23(19-28)10-6-7-11-23/h3-5,8-9,20,27H,6-7,10-19H2,1-2H3,(H,25,26). The Morgan fingerprint density at radius 2 is 1.83 bits per heavy atom. The van der Waals surface area contributed by atoms with Crippen molar-refractivity contribution in [2.24, 2.45) is 10.4 Å². The number of benzene rings is 1. The van der Waals surface area contributed by atoms with Gasteiger partial charge in [-0.05, 0) is 50.0 Å². The minimum atomic E-state index is 0.0359. The van der Waals surface area contributed by atoms with E-state index in [1.165, 1.54) is 44.2 Å². The fourth-order valence-corrected chi connectivity index (χ4v) is 5.65. The number of aliphatic imine (C=N–C) groups is 1. The third-order valence-corrected chi connectivity index (χ3v) is 7.47. The predicted molar refractivity (Wildman–Crippen MR) is 119 cm³/mol. The summed E-state index contributed by atoms with van der Waals surface area (Å²) in [6.07, 6.45) is 9.00. The number of hydrogen-bond acceptors (Lipinski definition) is 3. The Morgan fingerprint density at radius 1 is 1.10 bits per heavy atom. The molecule has 1 spiro atoms. The molecule has 2 N–H and O–H groups in total. The molecule has 160 valence electrons. The van der Waals surface area contributed by atoms with Gasteiger partial charge < -0.3 is 20.3 Å². The molecule has 1 aromatic rings. The summed E-state index contributed by atoms with van der Waals surface area (Å²) < 4.78 is 5.70. The Kier molecular flexibility index (Phi) is 6.45. The number of hydrogen-bond donors (Lipinski definition) is 2. The molecule has 5 nitrogen and oxygen atoms in total. The molecule has 4 rings (SSSR count). The molecule has 1 aromatic carbocycles. The smallest absolute Gasteiger partial charge is 0.193 e. The minimum Gasteiger partial charge on any atom is -0.381 e. The van der Waals surface area contributed by atoms with E-state index in [1.54, 1.807) is 0 Å². The van der Waals surface area contributed by atoms with Crippen LogP contribution in [0.3, 0.4) is 0 Å². The molecule has 1 unspecified atom stereocenters. The van der Waals surface area contributed by atoms with E-state index >= 15 is 0 Å². The molecule has 0 bridgehead atoms. The Balaban J connectivity index is 1.40. The van der Waals surface area contributed by atoms with Gasteiger partial charge in [0, 0.05) is 51.5 Å². The predicted octanol–water partition coefficient (Wildman–Crippen LogP) is 3.73. The van der Waals surface area contributed by atoms with E-state index in [-0.39, 0.29) is 5.54 Å². The summed E-state index contributed by atoms with van der Waals surface area (Å²) in [5.74, 6) is 1.08. The molecular weight excluding hydrogens is 360 g/mol. The van der Waals surface area contributed by atoms with Crippen LogP contribution in [0.1, 0.15) is 63.5 Å². The summed E-state index contributed by atoms with van der Waals surface area (Å²) in [5.41, 5.74) is 1.94. The van der Waals surface area contributed by atoms with Crippen molar-refractivity contribution >= 4 is 5.96 Å². The van der Waals surface area contributed by atoms with Gasteiger partial charge in [0.25, 0.3) is 0 Å². The molecule has 0 amide bonds. The monoisotopic (exact) mass is 398 g/mol. The van der Waals surface area contributed by atoms with Gasteiger partial charge in [0.1, 0.15) is 0 Å². The van der Waals surface area contributed by atoms with Crippen molar-refractivity contribution in [3.05, 3.63) is 35.9 Å². The summed E-state index contributed by atoms with van der Waals surface area (Å²) in [6, 6.07) is 11.1. The van der Waals surface area contributed by atoms with Crippen molar-refractivity contribution in [1.29, 1.82) is 0 Å². The van der Waals surface area contributed by atoms with Gasteiger partial charge in [-0.1, -0.05) is 43.2 Å². The van der Waals surface area contributed by atoms with Crippen LogP contribution in [0, 0.1) is 5.41 Å². The molecule has 1 saturated carbocycles. The number of nitrogens with one attached hydrogen (secondary N) is 2. The van der Waals surface area contributed by atoms with Gasteiger partial charge in [-0.3, -0.25) is 4.99 Å². The maximum atomic E-state index is 5.70. The molecule has 1 aliphatic carbocycles. The van der Waals surface area contributed by atoms with Gasteiger partial charge in [0.15, 0.2) is 5.96 Å². The van der Waals surface area contributed by atoms with Crippen LogP contribution in [0.4, 0.5) is 0 Å². The zero-order valence-corrected chi connectivity index (χ0v) is 18.3. The van der Waals surface area contributed by atoms with Crippen LogP contribution < -0.4 is 10.6 Å². The number of ether oxygens (including phenoxy) is 1. The number of rotatable bonds is 5. The van der Waals surface area contributed by atoms with Crippen molar-refractivity contribution in [2.75, 3.05) is 39.9 Å². The van der Waals surface area contributed by atoms with Gasteiger partial charge in [-0.2, -0.15) is 0 Å². The number of nitrogens with zero attached hydrogens (tertiary/aromatic N) is 2. The first-order valence-electron chi connectivity index (χ1n) is 11.5. The average molecular weight is 399 g/mol. The maximum Gasteiger partial charge on any atom is 0.193 e. The van der Waals surface area contributed by atoms with E-state index in [2.05, 4.69) is 57.8 Å². The number of likely N-dealkylation sites (tertiary alicyclic amines) is 1. The number of guanidine groups is 1. The van der Waals surface area contributed by atoms with Crippen molar-refractivity contribution in [3.8, 4) is 0 Å². The lowest BCUT2D eigenvalue weighted by atomic mass is 9.86. The van der Waals surface area contributed by atoms with Crippen LogP contribution in [0.2, 0.25) is 0 Å². The van der Waals surface area contributed by atoms with Crippen molar-refractivity contribution in [3.63, 3.8) is 0 Å². The highest BCUT2D eigenvalue weighted by Crippen LogP contribution is 2.45. The van der Waals surface area contributed by atoms with Crippen LogP contribution in [0.25, 0.3) is 0 Å². The fraction of sp³-hybridized carbons (Fsp3) is 0.708. The van der Waals surface area contributed by atoms with Gasteiger partial charge in [0.05, 0.1) is 0 Å². The van der Waals surface area contributed by atoms with Crippen LogP contribution in [0.15, 0.2) is 35.3 Å². The van der Waals surface area contributed by atoms with Gasteiger partial charge in [-0.15, -0.1) is 0 Å². The van der Waals surface area contributed by atoms with Crippen LogP contribution in [-0.4, -0.2) is 56.3 Å². The molecule has 0 radical (unpaired) electrons. The van der Waals surface area contributed by atoms with Crippen molar-refractivity contribution in [2.45, 2.75) is 63.5 Å². The highest BCUT2D eigenvalue weighted by molar-refractivity contribution is 5.80. The lowest BCUT2D eigenvalue weighted by Gasteiger charge is -2.41. The van der Waals surface area contributed by atoms with Crippen molar-refractivity contribution < 1.29 is 4.74 Å². The maximum absolute atomic E-state index is 5.70. The lowest BCUT2D eigenvalue weighted by molar-refractivity contribution is 0.0353. The minimum absolute atomic E-state index is 0.0359. The average Bonchev–Trinajstić information content (AvgIpc) is 3.40. The second-order valence-electron chi connectivity index (χ2n) is 9.45. The Morgan fingerprint density at radius 3 is 2.52 bits per heavy atom. The molecule has 5 heteroatoms. The zero-order chi connectivity index (χ0) is 20.2. The Hall–Kier alpha value is -1.59. The molecule has 29 heavy (non-hydrogen) atoms. The van der Waals surface area contributed by atoms with E-state index in [9.17, 15) is 0 Å².